The van der Waals surface area contributed by atoms with Crippen molar-refractivity contribution >= 4 is 0 Å². The number of rotatable bonds is 6. The van der Waals surface area contributed by atoms with Gasteiger partial charge in [0.1, 0.15) is 5.75 Å². The molecular formula is C21H28N2O2. The van der Waals surface area contributed by atoms with Crippen molar-refractivity contribution in [2.75, 3.05) is 26.2 Å². The van der Waals surface area contributed by atoms with E-state index in [-0.39, 0.29) is 6.61 Å². The molecule has 0 aromatic heterocycles. The van der Waals surface area contributed by atoms with Crippen LogP contribution in [0.3, 0.4) is 0 Å². The highest BCUT2D eigenvalue weighted by Gasteiger charge is 2.26. The fourth-order valence-corrected chi connectivity index (χ4v) is 3.52. The second kappa shape index (κ2) is 8.48. The molecule has 4 nitrogen and oxygen atoms in total. The molecule has 0 spiro atoms. The van der Waals surface area contributed by atoms with Crippen LogP contribution >= 0.6 is 0 Å². The Bertz CT molecular complexity index is 655. The van der Waals surface area contributed by atoms with Crippen molar-refractivity contribution in [1.29, 1.82) is 0 Å². The maximum Gasteiger partial charge on any atom is 0.115 e. The Labute approximate surface area is 150 Å². The predicted octanol–water partition coefficient (Wildman–Crippen LogP) is 2.77. The normalized spacial score (nSPS) is 19.2. The lowest BCUT2D eigenvalue weighted by Crippen LogP contribution is -2.52. The van der Waals surface area contributed by atoms with Gasteiger partial charge in [-0.1, -0.05) is 42.0 Å². The van der Waals surface area contributed by atoms with Gasteiger partial charge >= 0.3 is 0 Å². The van der Waals surface area contributed by atoms with Gasteiger partial charge in [-0.05, 0) is 36.6 Å². The van der Waals surface area contributed by atoms with E-state index in [1.54, 1.807) is 12.1 Å². The lowest BCUT2D eigenvalue weighted by atomic mass is 10.1. The molecule has 1 aliphatic rings. The van der Waals surface area contributed by atoms with E-state index in [1.807, 2.05) is 12.1 Å². The summed E-state index contributed by atoms with van der Waals surface area (Å²) in [5, 5.41) is 18.9. The van der Waals surface area contributed by atoms with Gasteiger partial charge in [0.25, 0.3) is 0 Å². The number of aromatic hydroxyl groups is 1. The summed E-state index contributed by atoms with van der Waals surface area (Å²) in [6.45, 7) is 7.17. The second-order valence-corrected chi connectivity index (χ2v) is 7.02. The molecule has 0 saturated carbocycles. The van der Waals surface area contributed by atoms with Crippen LogP contribution < -0.4 is 0 Å². The first kappa shape index (κ1) is 17.9. The highest BCUT2D eigenvalue weighted by molar-refractivity contribution is 5.26. The monoisotopic (exact) mass is 340 g/mol. The number of aryl methyl sites for hydroxylation is 1. The van der Waals surface area contributed by atoms with E-state index < -0.39 is 0 Å². The fraction of sp³-hybridized carbons (Fsp3) is 0.429. The Morgan fingerprint density at radius 1 is 0.920 bits per heavy atom. The van der Waals surface area contributed by atoms with Gasteiger partial charge in [0.15, 0.2) is 0 Å². The average Bonchev–Trinajstić information content (AvgIpc) is 2.61. The van der Waals surface area contributed by atoms with Crippen LogP contribution in [-0.2, 0) is 13.1 Å². The number of piperazine rings is 1. The van der Waals surface area contributed by atoms with Crippen molar-refractivity contribution in [3.8, 4) is 5.75 Å². The number of benzene rings is 2. The first-order valence-corrected chi connectivity index (χ1v) is 9.05. The highest BCUT2D eigenvalue weighted by Crippen LogP contribution is 2.19. The molecule has 2 aromatic carbocycles. The van der Waals surface area contributed by atoms with E-state index >= 15 is 0 Å². The number of aliphatic hydroxyl groups is 1. The predicted molar refractivity (Wildman–Crippen MR) is 100 cm³/mol. The molecule has 1 aliphatic heterocycles. The van der Waals surface area contributed by atoms with Crippen molar-refractivity contribution in [3.05, 3.63) is 65.2 Å². The van der Waals surface area contributed by atoms with Crippen LogP contribution in [0, 0.1) is 6.92 Å². The average molecular weight is 340 g/mol. The number of aliphatic hydroxyl groups excluding tert-OH is 1. The largest absolute Gasteiger partial charge is 0.508 e. The van der Waals surface area contributed by atoms with Crippen molar-refractivity contribution in [1.82, 2.24) is 9.80 Å². The molecule has 1 heterocycles. The van der Waals surface area contributed by atoms with Gasteiger partial charge in [-0.15, -0.1) is 0 Å². The lowest BCUT2D eigenvalue weighted by molar-refractivity contribution is 0.0500. The molecule has 0 bridgehead atoms. The number of hydrogen-bond acceptors (Lipinski definition) is 4. The molecule has 0 radical (unpaired) electrons. The standard InChI is InChI=1S/C21H28N2O2/c1-17-2-4-19(5-3-17)15-23-12-11-22(16-20(23)10-13-24)14-18-6-8-21(25)9-7-18/h2-9,20,24-25H,10-16H2,1H3/t20-/m0/s1. The lowest BCUT2D eigenvalue weighted by Gasteiger charge is -2.41. The van der Waals surface area contributed by atoms with Gasteiger partial charge in [0, 0.05) is 45.4 Å². The topological polar surface area (TPSA) is 46.9 Å². The summed E-state index contributed by atoms with van der Waals surface area (Å²) in [4.78, 5) is 4.94. The van der Waals surface area contributed by atoms with E-state index in [4.69, 9.17) is 0 Å². The van der Waals surface area contributed by atoms with Gasteiger partial charge in [0.05, 0.1) is 0 Å². The molecule has 3 rings (SSSR count). The first-order chi connectivity index (χ1) is 12.1. The Hall–Kier alpha value is -1.88. The van der Waals surface area contributed by atoms with Crippen molar-refractivity contribution in [3.63, 3.8) is 0 Å². The Morgan fingerprint density at radius 2 is 1.56 bits per heavy atom. The van der Waals surface area contributed by atoms with Gasteiger partial charge in [-0.3, -0.25) is 9.80 Å². The minimum Gasteiger partial charge on any atom is -0.508 e. The zero-order valence-electron chi connectivity index (χ0n) is 14.9. The van der Waals surface area contributed by atoms with Crippen LogP contribution in [0.25, 0.3) is 0 Å². The van der Waals surface area contributed by atoms with Gasteiger partial charge < -0.3 is 10.2 Å². The summed E-state index contributed by atoms with van der Waals surface area (Å²) in [5.41, 5.74) is 3.84. The van der Waals surface area contributed by atoms with Crippen LogP contribution in [-0.4, -0.2) is 52.3 Å². The summed E-state index contributed by atoms with van der Waals surface area (Å²) in [6.07, 6.45) is 0.804. The van der Waals surface area contributed by atoms with Crippen LogP contribution in [0.1, 0.15) is 23.1 Å². The van der Waals surface area contributed by atoms with E-state index in [0.717, 1.165) is 39.1 Å². The number of nitrogens with zero attached hydrogens (tertiary/aromatic N) is 2. The maximum absolute atomic E-state index is 9.47. The SMILES string of the molecule is Cc1ccc(CN2CCN(Cc3ccc(O)cc3)C[C@@H]2CCO)cc1. The number of phenolic OH excluding ortho intramolecular Hbond substituents is 1. The van der Waals surface area contributed by atoms with E-state index in [2.05, 4.69) is 41.0 Å². The summed E-state index contributed by atoms with van der Waals surface area (Å²) in [5.74, 6) is 0.310. The molecule has 25 heavy (non-hydrogen) atoms. The Balaban J connectivity index is 1.61. The molecule has 134 valence electrons. The minimum atomic E-state index is 0.224. The summed E-state index contributed by atoms with van der Waals surface area (Å²) in [6, 6.07) is 16.6. The van der Waals surface area contributed by atoms with Crippen molar-refractivity contribution in [2.24, 2.45) is 0 Å². The molecular weight excluding hydrogens is 312 g/mol. The number of phenols is 1. The molecule has 1 atom stereocenters. The summed E-state index contributed by atoms with van der Waals surface area (Å²) in [7, 11) is 0. The third kappa shape index (κ3) is 5.05. The third-order valence-electron chi connectivity index (χ3n) is 5.00. The highest BCUT2D eigenvalue weighted by atomic mass is 16.3. The zero-order chi connectivity index (χ0) is 17.6. The molecule has 0 aliphatic carbocycles. The number of hydrogen-bond donors (Lipinski definition) is 2. The van der Waals surface area contributed by atoms with Crippen LogP contribution in [0.4, 0.5) is 0 Å². The van der Waals surface area contributed by atoms with Gasteiger partial charge in [-0.25, -0.2) is 0 Å². The first-order valence-electron chi connectivity index (χ1n) is 9.05. The molecule has 1 saturated heterocycles. The third-order valence-corrected chi connectivity index (χ3v) is 5.00. The van der Waals surface area contributed by atoms with Crippen molar-refractivity contribution in [2.45, 2.75) is 32.5 Å². The maximum atomic E-state index is 9.47. The molecule has 0 amide bonds. The quantitative estimate of drug-likeness (QED) is 0.849. The van der Waals surface area contributed by atoms with Gasteiger partial charge in [-0.2, -0.15) is 0 Å². The second-order valence-electron chi connectivity index (χ2n) is 7.02. The van der Waals surface area contributed by atoms with Crippen LogP contribution in [0.5, 0.6) is 5.75 Å². The van der Waals surface area contributed by atoms with Crippen LogP contribution in [0.2, 0.25) is 0 Å². The Kier molecular flexibility index (Phi) is 6.08. The Morgan fingerprint density at radius 3 is 2.24 bits per heavy atom. The fourth-order valence-electron chi connectivity index (χ4n) is 3.52. The minimum absolute atomic E-state index is 0.224. The zero-order valence-corrected chi connectivity index (χ0v) is 14.9. The summed E-state index contributed by atoms with van der Waals surface area (Å²) >= 11 is 0. The summed E-state index contributed by atoms with van der Waals surface area (Å²) < 4.78 is 0. The van der Waals surface area contributed by atoms with E-state index in [9.17, 15) is 10.2 Å². The molecule has 1 fully saturated rings. The van der Waals surface area contributed by atoms with E-state index in [0.29, 0.717) is 11.8 Å². The van der Waals surface area contributed by atoms with Crippen LogP contribution in [0.15, 0.2) is 48.5 Å². The molecule has 2 aromatic rings. The molecule has 0 unspecified atom stereocenters. The molecule has 4 heteroatoms. The van der Waals surface area contributed by atoms with E-state index in [1.165, 1.54) is 16.7 Å². The molecule has 2 N–H and O–H groups in total. The van der Waals surface area contributed by atoms with Gasteiger partial charge in [0.2, 0.25) is 0 Å². The van der Waals surface area contributed by atoms with Crippen molar-refractivity contribution < 1.29 is 10.2 Å². The smallest absolute Gasteiger partial charge is 0.115 e.